The number of carbonyl (C=O) groups excluding carboxylic acids is 1. The lowest BCUT2D eigenvalue weighted by Gasteiger charge is -2.07. The number of esters is 1. The van der Waals surface area contributed by atoms with Crippen molar-refractivity contribution in [3.63, 3.8) is 0 Å². The standard InChI is InChI=1S/C11H4ClF4NO2/c1-19-11(18)4-2-3-5(13)6(14)7(15)8(16)9(3)17-10(4)12/h2H,1H3. The lowest BCUT2D eigenvalue weighted by atomic mass is 10.1. The molecule has 1 aromatic heterocycles. The highest BCUT2D eigenvalue weighted by Crippen LogP contribution is 2.29. The molecule has 0 radical (unpaired) electrons. The van der Waals surface area contributed by atoms with Gasteiger partial charge in [0, 0.05) is 5.39 Å². The summed E-state index contributed by atoms with van der Waals surface area (Å²) in [5, 5.41) is -1.22. The van der Waals surface area contributed by atoms with Gasteiger partial charge in [0.25, 0.3) is 0 Å². The summed E-state index contributed by atoms with van der Waals surface area (Å²) in [6.45, 7) is 0. The number of hydrogen-bond donors (Lipinski definition) is 0. The van der Waals surface area contributed by atoms with Crippen LogP contribution in [0, 0.1) is 23.3 Å². The molecule has 0 aliphatic carbocycles. The van der Waals surface area contributed by atoms with Crippen LogP contribution in [0.3, 0.4) is 0 Å². The number of pyridine rings is 1. The fourth-order valence-electron chi connectivity index (χ4n) is 1.49. The maximum absolute atomic E-state index is 13.5. The highest BCUT2D eigenvalue weighted by atomic mass is 35.5. The van der Waals surface area contributed by atoms with Crippen molar-refractivity contribution >= 4 is 28.5 Å². The number of carbonyl (C=O) groups is 1. The van der Waals surface area contributed by atoms with Gasteiger partial charge in [-0.05, 0) is 6.07 Å². The maximum atomic E-state index is 13.5. The zero-order valence-corrected chi connectivity index (χ0v) is 9.99. The average molecular weight is 294 g/mol. The van der Waals surface area contributed by atoms with E-state index in [0.29, 0.717) is 0 Å². The SMILES string of the molecule is COC(=O)c1cc2c(F)c(F)c(F)c(F)c2nc1Cl. The van der Waals surface area contributed by atoms with Crippen LogP contribution < -0.4 is 0 Å². The normalized spacial score (nSPS) is 10.8. The fourth-order valence-corrected chi connectivity index (χ4v) is 1.71. The molecule has 0 saturated heterocycles. The summed E-state index contributed by atoms with van der Waals surface area (Å²) in [6, 6.07) is 0.747. The molecule has 0 aliphatic heterocycles. The van der Waals surface area contributed by atoms with E-state index in [2.05, 4.69) is 9.72 Å². The van der Waals surface area contributed by atoms with Gasteiger partial charge in [0.15, 0.2) is 23.3 Å². The Bertz CT molecular complexity index is 705. The Balaban J connectivity index is 2.91. The van der Waals surface area contributed by atoms with Gasteiger partial charge in [-0.15, -0.1) is 0 Å². The van der Waals surface area contributed by atoms with Crippen molar-refractivity contribution < 1.29 is 27.1 Å². The fraction of sp³-hybridized carbons (Fsp3) is 0.0909. The third-order valence-electron chi connectivity index (χ3n) is 2.40. The van der Waals surface area contributed by atoms with Crippen LogP contribution in [0.1, 0.15) is 10.4 Å². The van der Waals surface area contributed by atoms with E-state index in [9.17, 15) is 22.4 Å². The van der Waals surface area contributed by atoms with Gasteiger partial charge in [-0.3, -0.25) is 0 Å². The van der Waals surface area contributed by atoms with Crippen LogP contribution in [0.4, 0.5) is 17.6 Å². The number of halogens is 5. The summed E-state index contributed by atoms with van der Waals surface area (Å²) in [5.41, 5.74) is -1.20. The van der Waals surface area contributed by atoms with Crippen molar-refractivity contribution in [1.82, 2.24) is 4.98 Å². The first-order chi connectivity index (χ1) is 8.88. The lowest BCUT2D eigenvalue weighted by molar-refractivity contribution is 0.0600. The summed E-state index contributed by atoms with van der Waals surface area (Å²) in [5.74, 6) is -8.32. The van der Waals surface area contributed by atoms with Crippen LogP contribution in [-0.2, 0) is 4.74 Å². The Hall–Kier alpha value is -1.89. The number of methoxy groups -OCH3 is 1. The molecule has 1 heterocycles. The first-order valence-corrected chi connectivity index (χ1v) is 5.16. The molecule has 0 unspecified atom stereocenters. The maximum Gasteiger partial charge on any atom is 0.341 e. The molecule has 2 rings (SSSR count). The smallest absolute Gasteiger partial charge is 0.341 e. The van der Waals surface area contributed by atoms with E-state index in [1.54, 1.807) is 0 Å². The molecule has 0 N–H and O–H groups in total. The molecule has 0 saturated carbocycles. The van der Waals surface area contributed by atoms with Crippen LogP contribution in [0.2, 0.25) is 5.15 Å². The molecule has 0 amide bonds. The molecular formula is C11H4ClF4NO2. The van der Waals surface area contributed by atoms with E-state index >= 15 is 0 Å². The predicted octanol–water partition coefficient (Wildman–Crippen LogP) is 3.23. The van der Waals surface area contributed by atoms with E-state index in [0.717, 1.165) is 13.2 Å². The Morgan fingerprint density at radius 2 is 1.74 bits per heavy atom. The topological polar surface area (TPSA) is 39.2 Å². The third-order valence-corrected chi connectivity index (χ3v) is 2.69. The molecule has 19 heavy (non-hydrogen) atoms. The van der Waals surface area contributed by atoms with Gasteiger partial charge in [-0.1, -0.05) is 11.6 Å². The third kappa shape index (κ3) is 1.99. The lowest BCUT2D eigenvalue weighted by Crippen LogP contribution is -2.06. The molecule has 1 aromatic carbocycles. The molecule has 100 valence electrons. The van der Waals surface area contributed by atoms with Crippen LogP contribution >= 0.6 is 11.6 Å². The molecule has 3 nitrogen and oxygen atoms in total. The second-order valence-electron chi connectivity index (χ2n) is 3.47. The number of benzene rings is 1. The Morgan fingerprint density at radius 3 is 2.32 bits per heavy atom. The summed E-state index contributed by atoms with van der Waals surface area (Å²) in [4.78, 5) is 14.6. The number of aromatic nitrogens is 1. The Morgan fingerprint density at radius 1 is 1.16 bits per heavy atom. The van der Waals surface area contributed by atoms with E-state index in [4.69, 9.17) is 11.6 Å². The zero-order valence-electron chi connectivity index (χ0n) is 9.23. The van der Waals surface area contributed by atoms with Crippen LogP contribution in [0.25, 0.3) is 10.9 Å². The van der Waals surface area contributed by atoms with Gasteiger partial charge in [0.1, 0.15) is 10.7 Å². The van der Waals surface area contributed by atoms with Crippen molar-refractivity contribution in [2.45, 2.75) is 0 Å². The summed E-state index contributed by atoms with van der Waals surface area (Å²) >= 11 is 5.58. The molecular weight excluding hydrogens is 290 g/mol. The van der Waals surface area contributed by atoms with Gasteiger partial charge in [-0.2, -0.15) is 0 Å². The van der Waals surface area contributed by atoms with E-state index in [-0.39, 0.29) is 5.56 Å². The highest BCUT2D eigenvalue weighted by molar-refractivity contribution is 6.33. The molecule has 2 aromatic rings. The van der Waals surface area contributed by atoms with Gasteiger partial charge in [0.2, 0.25) is 0 Å². The van der Waals surface area contributed by atoms with Gasteiger partial charge >= 0.3 is 5.97 Å². The van der Waals surface area contributed by atoms with Crippen molar-refractivity contribution in [3.05, 3.63) is 40.1 Å². The van der Waals surface area contributed by atoms with Crippen molar-refractivity contribution in [1.29, 1.82) is 0 Å². The predicted molar refractivity (Wildman–Crippen MR) is 57.9 cm³/mol. The first-order valence-electron chi connectivity index (χ1n) is 4.79. The second-order valence-corrected chi connectivity index (χ2v) is 3.83. The molecule has 8 heteroatoms. The number of nitrogens with zero attached hydrogens (tertiary/aromatic N) is 1. The van der Waals surface area contributed by atoms with Crippen LogP contribution in [0.5, 0.6) is 0 Å². The summed E-state index contributed by atoms with van der Waals surface area (Å²) in [6.07, 6.45) is 0. The summed E-state index contributed by atoms with van der Waals surface area (Å²) in [7, 11) is 1.03. The first kappa shape index (κ1) is 13.5. The van der Waals surface area contributed by atoms with E-state index < -0.39 is 45.3 Å². The molecule has 0 fully saturated rings. The minimum absolute atomic E-state index is 0.388. The van der Waals surface area contributed by atoms with Crippen molar-refractivity contribution in [2.24, 2.45) is 0 Å². The van der Waals surface area contributed by atoms with Crippen molar-refractivity contribution in [2.75, 3.05) is 7.11 Å². The summed E-state index contributed by atoms with van der Waals surface area (Å²) < 4.78 is 57.3. The van der Waals surface area contributed by atoms with Crippen molar-refractivity contribution in [3.8, 4) is 0 Å². The largest absolute Gasteiger partial charge is 0.465 e. The quantitative estimate of drug-likeness (QED) is 0.266. The molecule has 0 aliphatic rings. The highest BCUT2D eigenvalue weighted by Gasteiger charge is 2.24. The van der Waals surface area contributed by atoms with Crippen LogP contribution in [-0.4, -0.2) is 18.1 Å². The van der Waals surface area contributed by atoms with Gasteiger partial charge < -0.3 is 4.74 Å². The number of hydrogen-bond acceptors (Lipinski definition) is 3. The van der Waals surface area contributed by atoms with E-state index in [1.807, 2.05) is 0 Å². The monoisotopic (exact) mass is 293 g/mol. The molecule has 0 bridgehead atoms. The second kappa shape index (κ2) is 4.65. The molecule has 0 spiro atoms. The van der Waals surface area contributed by atoms with Gasteiger partial charge in [0.05, 0.1) is 12.7 Å². The van der Waals surface area contributed by atoms with E-state index in [1.165, 1.54) is 0 Å². The van der Waals surface area contributed by atoms with Crippen LogP contribution in [0.15, 0.2) is 6.07 Å². The Kier molecular flexibility index (Phi) is 3.32. The Labute approximate surface area is 108 Å². The molecule has 0 atom stereocenters. The van der Waals surface area contributed by atoms with Gasteiger partial charge in [-0.25, -0.2) is 27.3 Å². The number of rotatable bonds is 1. The minimum Gasteiger partial charge on any atom is -0.465 e. The zero-order chi connectivity index (χ0) is 14.3. The number of fused-ring (bicyclic) bond motifs is 1. The number of ether oxygens (including phenoxy) is 1. The minimum atomic E-state index is -2.00. The average Bonchev–Trinajstić information content (AvgIpc) is 2.41.